The summed E-state index contributed by atoms with van der Waals surface area (Å²) in [6.07, 6.45) is 3.96. The van der Waals surface area contributed by atoms with Crippen LogP contribution in [0.25, 0.3) is 0 Å². The lowest BCUT2D eigenvalue weighted by molar-refractivity contribution is 0.181. The lowest BCUT2D eigenvalue weighted by Gasteiger charge is -2.32. The maximum Gasteiger partial charge on any atom is 0.0599 e. The van der Waals surface area contributed by atoms with Gasteiger partial charge in [0.05, 0.1) is 6.61 Å². The Labute approximate surface area is 184 Å². The number of nitrogens with zero attached hydrogens (tertiary/aromatic N) is 3. The predicted octanol–water partition coefficient (Wildman–Crippen LogP) is 5.40. The molecule has 0 unspecified atom stereocenters. The van der Waals surface area contributed by atoms with Gasteiger partial charge in [0, 0.05) is 48.8 Å². The summed E-state index contributed by atoms with van der Waals surface area (Å²) in [5, 5.41) is 0. The first-order valence-corrected chi connectivity index (χ1v) is 11.9. The van der Waals surface area contributed by atoms with Crippen LogP contribution in [0.2, 0.25) is 0 Å². The SMILES string of the molecule is COCCN(Cc1ccccc1N1CCCCC1)Sc1ccc(SN(C)C)cc1. The first kappa shape index (κ1) is 22.5. The maximum absolute atomic E-state index is 5.38. The number of piperidine rings is 1. The smallest absolute Gasteiger partial charge is 0.0599 e. The molecule has 158 valence electrons. The van der Waals surface area contributed by atoms with E-state index in [0.717, 1.165) is 19.7 Å². The Hall–Kier alpha value is -1.18. The second-order valence-electron chi connectivity index (χ2n) is 7.50. The van der Waals surface area contributed by atoms with Gasteiger partial charge in [-0.1, -0.05) is 18.2 Å². The zero-order valence-corrected chi connectivity index (χ0v) is 19.5. The molecule has 0 spiro atoms. The number of hydrogen-bond acceptors (Lipinski definition) is 6. The Kier molecular flexibility index (Phi) is 9.21. The van der Waals surface area contributed by atoms with E-state index in [2.05, 4.69) is 76.1 Å². The van der Waals surface area contributed by atoms with Crippen molar-refractivity contribution < 1.29 is 4.74 Å². The van der Waals surface area contributed by atoms with Crippen molar-refractivity contribution >= 4 is 29.6 Å². The Balaban J connectivity index is 1.71. The van der Waals surface area contributed by atoms with E-state index in [1.54, 1.807) is 19.1 Å². The van der Waals surface area contributed by atoms with Crippen molar-refractivity contribution in [3.63, 3.8) is 0 Å². The third kappa shape index (κ3) is 7.23. The van der Waals surface area contributed by atoms with Crippen molar-refractivity contribution in [1.82, 2.24) is 8.61 Å². The first-order valence-electron chi connectivity index (χ1n) is 10.4. The van der Waals surface area contributed by atoms with Gasteiger partial charge in [-0.25, -0.2) is 4.31 Å². The Morgan fingerprint density at radius 3 is 2.21 bits per heavy atom. The van der Waals surface area contributed by atoms with Crippen molar-refractivity contribution in [1.29, 1.82) is 0 Å². The molecule has 0 amide bonds. The molecule has 0 atom stereocenters. The van der Waals surface area contributed by atoms with Crippen LogP contribution >= 0.6 is 23.9 Å². The molecule has 4 nitrogen and oxygen atoms in total. The van der Waals surface area contributed by atoms with Gasteiger partial charge >= 0.3 is 0 Å². The molecule has 0 bridgehead atoms. The highest BCUT2D eigenvalue weighted by molar-refractivity contribution is 7.97. The zero-order chi connectivity index (χ0) is 20.5. The third-order valence-electron chi connectivity index (χ3n) is 4.93. The topological polar surface area (TPSA) is 19.0 Å². The number of hydrogen-bond donors (Lipinski definition) is 0. The van der Waals surface area contributed by atoms with E-state index in [1.807, 2.05) is 11.9 Å². The minimum atomic E-state index is 0.730. The molecule has 0 saturated carbocycles. The molecular formula is C23H33N3OS2. The average molecular weight is 432 g/mol. The van der Waals surface area contributed by atoms with Crippen molar-refractivity contribution in [2.45, 2.75) is 35.6 Å². The molecule has 0 aromatic heterocycles. The van der Waals surface area contributed by atoms with Crippen LogP contribution < -0.4 is 4.90 Å². The highest BCUT2D eigenvalue weighted by atomic mass is 32.2. The summed E-state index contributed by atoms with van der Waals surface area (Å²) in [6.45, 7) is 4.88. The van der Waals surface area contributed by atoms with Crippen LogP contribution in [-0.2, 0) is 11.3 Å². The molecule has 1 aliphatic heterocycles. The van der Waals surface area contributed by atoms with Crippen LogP contribution in [0.3, 0.4) is 0 Å². The van der Waals surface area contributed by atoms with Crippen LogP contribution in [0, 0.1) is 0 Å². The fraction of sp³-hybridized carbons (Fsp3) is 0.478. The molecule has 29 heavy (non-hydrogen) atoms. The van der Waals surface area contributed by atoms with E-state index in [1.165, 1.54) is 53.4 Å². The summed E-state index contributed by atoms with van der Waals surface area (Å²) >= 11 is 3.56. The van der Waals surface area contributed by atoms with Gasteiger partial charge in [-0.15, -0.1) is 0 Å². The standard InChI is InChI=1S/C23H33N3OS2/c1-24(2)28-21-11-13-22(14-12-21)29-26(17-18-27-3)19-20-9-5-6-10-23(20)25-15-7-4-8-16-25/h5-6,9-14H,4,7-8,15-19H2,1-3H3. The molecule has 3 rings (SSSR count). The van der Waals surface area contributed by atoms with E-state index < -0.39 is 0 Å². The molecule has 6 heteroatoms. The first-order chi connectivity index (χ1) is 14.2. The molecule has 1 saturated heterocycles. The maximum atomic E-state index is 5.38. The second-order valence-corrected chi connectivity index (χ2v) is 10.1. The second kappa shape index (κ2) is 11.9. The molecule has 1 heterocycles. The summed E-state index contributed by atoms with van der Waals surface area (Å²) in [6, 6.07) is 17.7. The monoisotopic (exact) mass is 431 g/mol. The lowest BCUT2D eigenvalue weighted by Crippen LogP contribution is -2.31. The number of benzene rings is 2. The molecule has 1 fully saturated rings. The van der Waals surface area contributed by atoms with Gasteiger partial charge < -0.3 is 9.64 Å². The minimum absolute atomic E-state index is 0.730. The van der Waals surface area contributed by atoms with Crippen LogP contribution in [0.4, 0.5) is 5.69 Å². The zero-order valence-electron chi connectivity index (χ0n) is 17.8. The van der Waals surface area contributed by atoms with Crippen molar-refractivity contribution in [3.05, 3.63) is 54.1 Å². The van der Waals surface area contributed by atoms with Gasteiger partial charge in [0.1, 0.15) is 0 Å². The minimum Gasteiger partial charge on any atom is -0.383 e. The van der Waals surface area contributed by atoms with Crippen molar-refractivity contribution in [2.24, 2.45) is 0 Å². The Morgan fingerprint density at radius 2 is 1.55 bits per heavy atom. The van der Waals surface area contributed by atoms with Gasteiger partial charge in [-0.2, -0.15) is 0 Å². The average Bonchev–Trinajstić information content (AvgIpc) is 2.74. The third-order valence-corrected chi connectivity index (χ3v) is 6.83. The van der Waals surface area contributed by atoms with Crippen molar-refractivity contribution in [3.8, 4) is 0 Å². The molecule has 0 radical (unpaired) electrons. The van der Waals surface area contributed by atoms with Crippen LogP contribution in [0.15, 0.2) is 58.3 Å². The molecule has 0 aliphatic carbocycles. The predicted molar refractivity (Wildman–Crippen MR) is 127 cm³/mol. The molecule has 2 aromatic carbocycles. The van der Waals surface area contributed by atoms with Gasteiger partial charge in [-0.05, 0) is 93.1 Å². The van der Waals surface area contributed by atoms with Gasteiger partial charge in [-0.3, -0.25) is 4.31 Å². The van der Waals surface area contributed by atoms with Gasteiger partial charge in [0.2, 0.25) is 0 Å². The highest BCUT2D eigenvalue weighted by Crippen LogP contribution is 2.31. The number of para-hydroxylation sites is 1. The van der Waals surface area contributed by atoms with Crippen molar-refractivity contribution in [2.75, 3.05) is 52.3 Å². The van der Waals surface area contributed by atoms with E-state index in [4.69, 9.17) is 4.74 Å². The summed E-state index contributed by atoms with van der Waals surface area (Å²) in [5.41, 5.74) is 2.80. The number of methoxy groups -OCH3 is 1. The van der Waals surface area contributed by atoms with Crippen LogP contribution in [0.5, 0.6) is 0 Å². The molecule has 2 aromatic rings. The number of anilines is 1. The number of rotatable bonds is 10. The summed E-state index contributed by atoms with van der Waals surface area (Å²) < 4.78 is 9.92. The lowest BCUT2D eigenvalue weighted by atomic mass is 10.1. The summed E-state index contributed by atoms with van der Waals surface area (Å²) in [5.74, 6) is 0. The quantitative estimate of drug-likeness (QED) is 0.466. The van der Waals surface area contributed by atoms with Gasteiger partial charge in [0.25, 0.3) is 0 Å². The van der Waals surface area contributed by atoms with Crippen LogP contribution in [0.1, 0.15) is 24.8 Å². The van der Waals surface area contributed by atoms with Crippen LogP contribution in [-0.4, -0.2) is 56.1 Å². The van der Waals surface area contributed by atoms with Gasteiger partial charge in [0.15, 0.2) is 0 Å². The largest absolute Gasteiger partial charge is 0.383 e. The Morgan fingerprint density at radius 1 is 0.897 bits per heavy atom. The molecular weight excluding hydrogens is 398 g/mol. The van der Waals surface area contributed by atoms with E-state index in [-0.39, 0.29) is 0 Å². The summed E-state index contributed by atoms with van der Waals surface area (Å²) in [4.78, 5) is 5.09. The normalized spacial score (nSPS) is 14.7. The fourth-order valence-electron chi connectivity index (χ4n) is 3.55. The number of ether oxygens (including phenoxy) is 1. The Bertz CT molecular complexity index is 733. The van der Waals surface area contributed by atoms with E-state index in [0.29, 0.717) is 0 Å². The molecule has 1 aliphatic rings. The van der Waals surface area contributed by atoms with E-state index >= 15 is 0 Å². The fourth-order valence-corrected chi connectivity index (χ4v) is 5.15. The highest BCUT2D eigenvalue weighted by Gasteiger charge is 2.16. The van der Waals surface area contributed by atoms with E-state index in [9.17, 15) is 0 Å². The molecule has 0 N–H and O–H groups in total. The summed E-state index contributed by atoms with van der Waals surface area (Å²) in [7, 11) is 5.91.